The van der Waals surface area contributed by atoms with Crippen molar-refractivity contribution in [3.05, 3.63) is 47.6 Å². The fourth-order valence-electron chi connectivity index (χ4n) is 3.71. The van der Waals surface area contributed by atoms with Gasteiger partial charge >= 0.3 is 0 Å². The van der Waals surface area contributed by atoms with E-state index in [1.807, 2.05) is 0 Å². The Kier molecular flexibility index (Phi) is 6.26. The molecule has 2 rings (SSSR count). The minimum absolute atomic E-state index is 0.717. The van der Waals surface area contributed by atoms with E-state index >= 15 is 0 Å². The summed E-state index contributed by atoms with van der Waals surface area (Å²) >= 11 is 0. The van der Waals surface area contributed by atoms with Crippen LogP contribution in [0.1, 0.15) is 52.4 Å². The van der Waals surface area contributed by atoms with Crippen LogP contribution in [0.3, 0.4) is 0 Å². The standard InChI is InChI=1S/C21H33N/c1-16(2)20-10-6-18(7-11-20)14-22(5)15-19-8-12-21(13-9-19)17(3)4/h6,8,20-21H,1,3,7,9-15H2,2,4-5H3. The summed E-state index contributed by atoms with van der Waals surface area (Å²) in [5.41, 5.74) is 5.94. The highest BCUT2D eigenvalue weighted by Crippen LogP contribution is 2.30. The third kappa shape index (κ3) is 4.98. The van der Waals surface area contributed by atoms with Crippen molar-refractivity contribution in [2.45, 2.75) is 52.4 Å². The van der Waals surface area contributed by atoms with Gasteiger partial charge < -0.3 is 0 Å². The second kappa shape index (κ2) is 7.97. The Morgan fingerprint density at radius 3 is 1.64 bits per heavy atom. The van der Waals surface area contributed by atoms with Crippen LogP contribution < -0.4 is 0 Å². The van der Waals surface area contributed by atoms with E-state index in [4.69, 9.17) is 0 Å². The van der Waals surface area contributed by atoms with Gasteiger partial charge in [-0.15, -0.1) is 0 Å². The Balaban J connectivity index is 1.78. The van der Waals surface area contributed by atoms with E-state index in [9.17, 15) is 0 Å². The van der Waals surface area contributed by atoms with E-state index in [2.05, 4.69) is 51.1 Å². The van der Waals surface area contributed by atoms with E-state index < -0.39 is 0 Å². The maximum Gasteiger partial charge on any atom is 0.0193 e. The molecule has 0 aromatic rings. The van der Waals surface area contributed by atoms with Gasteiger partial charge in [-0.25, -0.2) is 0 Å². The molecule has 122 valence electrons. The molecule has 0 N–H and O–H groups in total. The number of allylic oxidation sites excluding steroid dienone is 4. The Labute approximate surface area is 137 Å². The van der Waals surface area contributed by atoms with Crippen LogP contribution in [0.2, 0.25) is 0 Å². The Hall–Kier alpha value is -1.08. The zero-order valence-electron chi connectivity index (χ0n) is 14.8. The summed E-state index contributed by atoms with van der Waals surface area (Å²) in [5.74, 6) is 1.43. The Morgan fingerprint density at radius 1 is 0.955 bits per heavy atom. The average molecular weight is 300 g/mol. The van der Waals surface area contributed by atoms with Crippen LogP contribution in [0.15, 0.2) is 47.6 Å². The summed E-state index contributed by atoms with van der Waals surface area (Å²) in [6.45, 7) is 14.8. The van der Waals surface area contributed by atoms with Crippen molar-refractivity contribution in [2.75, 3.05) is 20.1 Å². The minimum atomic E-state index is 0.717. The van der Waals surface area contributed by atoms with E-state index in [0.29, 0.717) is 11.8 Å². The van der Waals surface area contributed by atoms with Gasteiger partial charge in [0.15, 0.2) is 0 Å². The highest BCUT2D eigenvalue weighted by molar-refractivity contribution is 5.16. The lowest BCUT2D eigenvalue weighted by Crippen LogP contribution is -2.26. The number of nitrogens with zero attached hydrogens (tertiary/aromatic N) is 1. The van der Waals surface area contributed by atoms with E-state index in [1.54, 1.807) is 11.1 Å². The second-order valence-electron chi connectivity index (χ2n) is 7.53. The molecule has 0 heterocycles. The first-order valence-corrected chi connectivity index (χ1v) is 8.81. The molecule has 0 aliphatic heterocycles. The molecule has 2 atom stereocenters. The second-order valence-corrected chi connectivity index (χ2v) is 7.53. The van der Waals surface area contributed by atoms with Crippen LogP contribution in [-0.4, -0.2) is 25.0 Å². The molecular weight excluding hydrogens is 266 g/mol. The molecule has 0 fully saturated rings. The van der Waals surface area contributed by atoms with Crippen molar-refractivity contribution < 1.29 is 0 Å². The van der Waals surface area contributed by atoms with Gasteiger partial charge in [-0.1, -0.05) is 47.6 Å². The summed E-state index contributed by atoms with van der Waals surface area (Å²) in [6, 6.07) is 0. The molecule has 0 saturated carbocycles. The fraction of sp³-hybridized carbons (Fsp3) is 0.619. The predicted molar refractivity (Wildman–Crippen MR) is 98.0 cm³/mol. The Bertz CT molecular complexity index is 436. The third-order valence-electron chi connectivity index (χ3n) is 5.35. The fourth-order valence-corrected chi connectivity index (χ4v) is 3.71. The summed E-state index contributed by atoms with van der Waals surface area (Å²) < 4.78 is 0. The number of rotatable bonds is 6. The molecule has 2 aliphatic rings. The number of hydrogen-bond donors (Lipinski definition) is 0. The number of hydrogen-bond acceptors (Lipinski definition) is 1. The zero-order chi connectivity index (χ0) is 16.1. The topological polar surface area (TPSA) is 3.24 Å². The third-order valence-corrected chi connectivity index (χ3v) is 5.35. The van der Waals surface area contributed by atoms with E-state index in [1.165, 1.54) is 49.7 Å². The van der Waals surface area contributed by atoms with Gasteiger partial charge in [-0.05, 0) is 71.3 Å². The van der Waals surface area contributed by atoms with Crippen LogP contribution >= 0.6 is 0 Å². The van der Waals surface area contributed by atoms with Crippen LogP contribution in [0.4, 0.5) is 0 Å². The predicted octanol–water partition coefficient (Wildman–Crippen LogP) is 5.52. The maximum atomic E-state index is 4.11. The first-order chi connectivity index (χ1) is 10.5. The van der Waals surface area contributed by atoms with Crippen molar-refractivity contribution in [3.63, 3.8) is 0 Å². The molecule has 0 aromatic carbocycles. The first-order valence-electron chi connectivity index (χ1n) is 8.81. The highest BCUT2D eigenvalue weighted by Gasteiger charge is 2.18. The summed E-state index contributed by atoms with van der Waals surface area (Å²) in [7, 11) is 2.26. The molecule has 0 radical (unpaired) electrons. The lowest BCUT2D eigenvalue weighted by molar-refractivity contribution is 0.367. The smallest absolute Gasteiger partial charge is 0.0193 e. The van der Waals surface area contributed by atoms with Gasteiger partial charge in [0.05, 0.1) is 0 Å². The first kappa shape index (κ1) is 17.3. The summed E-state index contributed by atoms with van der Waals surface area (Å²) in [4.78, 5) is 2.49. The molecule has 1 nitrogen and oxygen atoms in total. The molecule has 0 spiro atoms. The van der Waals surface area contributed by atoms with Crippen LogP contribution in [0, 0.1) is 11.8 Å². The van der Waals surface area contributed by atoms with Crippen molar-refractivity contribution in [3.8, 4) is 0 Å². The van der Waals surface area contributed by atoms with Gasteiger partial charge in [0, 0.05) is 13.1 Å². The summed E-state index contributed by atoms with van der Waals surface area (Å²) in [6.07, 6.45) is 12.4. The van der Waals surface area contributed by atoms with Crippen molar-refractivity contribution in [2.24, 2.45) is 11.8 Å². The number of likely N-dealkylation sites (N-methyl/N-ethyl adjacent to an activating group) is 1. The van der Waals surface area contributed by atoms with E-state index in [0.717, 1.165) is 13.1 Å². The SMILES string of the molecule is C=C(C)C1CC=C(CN(C)CC2=CCC(C(=C)C)CC2)CC1. The van der Waals surface area contributed by atoms with Gasteiger partial charge in [-0.2, -0.15) is 0 Å². The molecular formula is C21H33N. The van der Waals surface area contributed by atoms with Gasteiger partial charge in [0.25, 0.3) is 0 Å². The molecule has 0 bridgehead atoms. The van der Waals surface area contributed by atoms with Crippen molar-refractivity contribution in [1.29, 1.82) is 0 Å². The monoisotopic (exact) mass is 299 g/mol. The van der Waals surface area contributed by atoms with Crippen LogP contribution in [-0.2, 0) is 0 Å². The van der Waals surface area contributed by atoms with Crippen molar-refractivity contribution >= 4 is 0 Å². The molecule has 0 amide bonds. The lowest BCUT2D eigenvalue weighted by Gasteiger charge is -2.28. The molecule has 2 aliphatic carbocycles. The largest absolute Gasteiger partial charge is 0.299 e. The van der Waals surface area contributed by atoms with Crippen LogP contribution in [0.25, 0.3) is 0 Å². The van der Waals surface area contributed by atoms with E-state index in [-0.39, 0.29) is 0 Å². The minimum Gasteiger partial charge on any atom is -0.299 e. The summed E-state index contributed by atoms with van der Waals surface area (Å²) in [5, 5.41) is 0. The molecule has 0 saturated heterocycles. The molecule has 0 aromatic heterocycles. The lowest BCUT2D eigenvalue weighted by atomic mass is 9.85. The van der Waals surface area contributed by atoms with Gasteiger partial charge in [-0.3, -0.25) is 4.90 Å². The van der Waals surface area contributed by atoms with Gasteiger partial charge in [0.1, 0.15) is 0 Å². The zero-order valence-corrected chi connectivity index (χ0v) is 14.8. The normalized spacial score (nSPS) is 25.6. The van der Waals surface area contributed by atoms with Gasteiger partial charge in [0.2, 0.25) is 0 Å². The Morgan fingerprint density at radius 2 is 1.36 bits per heavy atom. The average Bonchev–Trinajstić information content (AvgIpc) is 2.48. The quantitative estimate of drug-likeness (QED) is 0.583. The maximum absolute atomic E-state index is 4.11. The van der Waals surface area contributed by atoms with Crippen LogP contribution in [0.5, 0.6) is 0 Å². The van der Waals surface area contributed by atoms with Crippen molar-refractivity contribution in [1.82, 2.24) is 4.90 Å². The molecule has 1 heteroatoms. The highest BCUT2D eigenvalue weighted by atomic mass is 15.1. The molecule has 22 heavy (non-hydrogen) atoms. The molecule has 2 unspecified atom stereocenters.